The van der Waals surface area contributed by atoms with Crippen molar-refractivity contribution in [3.63, 3.8) is 0 Å². The molecule has 0 amide bonds. The molecule has 0 aliphatic carbocycles. The molecule has 0 fully saturated rings. The molecule has 3 rings (SSSR count). The standard InChI is InChI=1S/C19H18N4O2/c1-13-12-17(21-16-10-8-14(9-11-16)18(24)25-2)23-19(20-13)22-15-6-4-3-5-7-15/h3-12H,1-2H3,(H2,20,21,22,23). The number of aryl methyl sites for hydroxylation is 1. The summed E-state index contributed by atoms with van der Waals surface area (Å²) in [6.45, 7) is 1.91. The van der Waals surface area contributed by atoms with Crippen LogP contribution in [0.5, 0.6) is 0 Å². The van der Waals surface area contributed by atoms with Gasteiger partial charge in [-0.15, -0.1) is 0 Å². The summed E-state index contributed by atoms with van der Waals surface area (Å²) in [6, 6.07) is 18.6. The Bertz CT molecular complexity index is 864. The first kappa shape index (κ1) is 16.4. The minimum Gasteiger partial charge on any atom is -0.465 e. The molecular weight excluding hydrogens is 316 g/mol. The Balaban J connectivity index is 1.77. The van der Waals surface area contributed by atoms with Crippen LogP contribution in [0.3, 0.4) is 0 Å². The van der Waals surface area contributed by atoms with Gasteiger partial charge < -0.3 is 15.4 Å². The third kappa shape index (κ3) is 4.32. The SMILES string of the molecule is COC(=O)c1ccc(Nc2cc(C)nc(Nc3ccccc3)n2)cc1. The molecule has 0 bridgehead atoms. The fourth-order valence-electron chi connectivity index (χ4n) is 2.29. The van der Waals surface area contributed by atoms with Crippen LogP contribution in [0.15, 0.2) is 60.7 Å². The summed E-state index contributed by atoms with van der Waals surface area (Å²) in [7, 11) is 1.36. The summed E-state index contributed by atoms with van der Waals surface area (Å²) in [6.07, 6.45) is 0. The maximum Gasteiger partial charge on any atom is 0.337 e. The van der Waals surface area contributed by atoms with Gasteiger partial charge in [-0.2, -0.15) is 4.98 Å². The Labute approximate surface area is 145 Å². The number of aromatic nitrogens is 2. The van der Waals surface area contributed by atoms with E-state index in [-0.39, 0.29) is 5.97 Å². The number of hydrogen-bond acceptors (Lipinski definition) is 6. The zero-order valence-electron chi connectivity index (χ0n) is 14.0. The topological polar surface area (TPSA) is 76.1 Å². The van der Waals surface area contributed by atoms with Gasteiger partial charge in [0.15, 0.2) is 0 Å². The van der Waals surface area contributed by atoms with Gasteiger partial charge in [-0.25, -0.2) is 9.78 Å². The van der Waals surface area contributed by atoms with E-state index in [0.717, 1.165) is 17.1 Å². The summed E-state index contributed by atoms with van der Waals surface area (Å²) in [4.78, 5) is 20.3. The van der Waals surface area contributed by atoms with Gasteiger partial charge in [-0.05, 0) is 43.3 Å². The first-order valence-electron chi connectivity index (χ1n) is 7.77. The minimum atomic E-state index is -0.362. The van der Waals surface area contributed by atoms with Gasteiger partial charge in [-0.3, -0.25) is 0 Å². The average molecular weight is 334 g/mol. The molecular formula is C19H18N4O2. The van der Waals surface area contributed by atoms with Crippen LogP contribution in [0, 0.1) is 6.92 Å². The number of carbonyl (C=O) groups is 1. The third-order valence-electron chi connectivity index (χ3n) is 3.46. The molecule has 0 saturated carbocycles. The van der Waals surface area contributed by atoms with Crippen molar-refractivity contribution in [3.05, 3.63) is 71.9 Å². The number of para-hydroxylation sites is 1. The molecule has 25 heavy (non-hydrogen) atoms. The van der Waals surface area contributed by atoms with Gasteiger partial charge in [0, 0.05) is 23.1 Å². The molecule has 1 heterocycles. The number of carbonyl (C=O) groups excluding carboxylic acids is 1. The quantitative estimate of drug-likeness (QED) is 0.685. The Hall–Kier alpha value is -3.41. The smallest absolute Gasteiger partial charge is 0.337 e. The second kappa shape index (κ2) is 7.44. The van der Waals surface area contributed by atoms with Crippen molar-refractivity contribution in [2.45, 2.75) is 6.92 Å². The molecule has 0 atom stereocenters. The van der Waals surface area contributed by atoms with E-state index in [2.05, 4.69) is 20.6 Å². The van der Waals surface area contributed by atoms with Crippen LogP contribution in [-0.4, -0.2) is 23.0 Å². The van der Waals surface area contributed by atoms with Gasteiger partial charge in [0.05, 0.1) is 12.7 Å². The highest BCUT2D eigenvalue weighted by Gasteiger charge is 2.06. The number of nitrogens with zero attached hydrogens (tertiary/aromatic N) is 2. The number of methoxy groups -OCH3 is 1. The molecule has 6 heteroatoms. The van der Waals surface area contributed by atoms with E-state index in [1.165, 1.54) is 7.11 Å². The molecule has 0 aliphatic rings. The van der Waals surface area contributed by atoms with E-state index in [4.69, 9.17) is 4.74 Å². The average Bonchev–Trinajstić information content (AvgIpc) is 2.62. The lowest BCUT2D eigenvalue weighted by atomic mass is 10.2. The maximum atomic E-state index is 11.5. The number of benzene rings is 2. The Kier molecular flexibility index (Phi) is 4.89. The molecule has 3 aromatic rings. The number of esters is 1. The van der Waals surface area contributed by atoms with Crippen LogP contribution in [0.4, 0.5) is 23.1 Å². The highest BCUT2D eigenvalue weighted by Crippen LogP contribution is 2.19. The maximum absolute atomic E-state index is 11.5. The van der Waals surface area contributed by atoms with Crippen LogP contribution < -0.4 is 10.6 Å². The molecule has 2 aromatic carbocycles. The zero-order valence-corrected chi connectivity index (χ0v) is 14.0. The summed E-state index contributed by atoms with van der Waals surface area (Å²) >= 11 is 0. The van der Waals surface area contributed by atoms with E-state index in [1.807, 2.05) is 43.3 Å². The van der Waals surface area contributed by atoms with Crippen molar-refractivity contribution in [2.75, 3.05) is 17.7 Å². The highest BCUT2D eigenvalue weighted by atomic mass is 16.5. The van der Waals surface area contributed by atoms with Crippen molar-refractivity contribution in [3.8, 4) is 0 Å². The molecule has 126 valence electrons. The zero-order chi connectivity index (χ0) is 17.6. The van der Waals surface area contributed by atoms with Crippen molar-refractivity contribution in [1.29, 1.82) is 0 Å². The lowest BCUT2D eigenvalue weighted by molar-refractivity contribution is 0.0601. The van der Waals surface area contributed by atoms with Gasteiger partial charge >= 0.3 is 5.97 Å². The van der Waals surface area contributed by atoms with E-state index >= 15 is 0 Å². The highest BCUT2D eigenvalue weighted by molar-refractivity contribution is 5.89. The normalized spacial score (nSPS) is 10.2. The molecule has 1 aromatic heterocycles. The molecule has 0 unspecified atom stereocenters. The summed E-state index contributed by atoms with van der Waals surface area (Å²) in [5, 5.41) is 6.39. The predicted molar refractivity (Wildman–Crippen MR) is 97.6 cm³/mol. The van der Waals surface area contributed by atoms with Crippen LogP contribution in [0.2, 0.25) is 0 Å². The summed E-state index contributed by atoms with van der Waals surface area (Å²) in [5.74, 6) is 0.815. The fraction of sp³-hybridized carbons (Fsp3) is 0.105. The molecule has 0 spiro atoms. The first-order chi connectivity index (χ1) is 12.1. The van der Waals surface area contributed by atoms with Gasteiger partial charge in [-0.1, -0.05) is 18.2 Å². The second-order valence-corrected chi connectivity index (χ2v) is 5.40. The molecule has 6 nitrogen and oxygen atoms in total. The largest absolute Gasteiger partial charge is 0.465 e. The molecule has 0 aliphatic heterocycles. The monoisotopic (exact) mass is 334 g/mol. The van der Waals surface area contributed by atoms with Crippen molar-refractivity contribution in [2.24, 2.45) is 0 Å². The number of nitrogens with one attached hydrogen (secondary N) is 2. The minimum absolute atomic E-state index is 0.362. The molecule has 0 saturated heterocycles. The van der Waals surface area contributed by atoms with Crippen molar-refractivity contribution in [1.82, 2.24) is 9.97 Å². The van der Waals surface area contributed by atoms with Crippen LogP contribution in [0.1, 0.15) is 16.1 Å². The van der Waals surface area contributed by atoms with Crippen molar-refractivity contribution < 1.29 is 9.53 Å². The Morgan fingerprint density at radius 1 is 0.920 bits per heavy atom. The molecule has 0 radical (unpaired) electrons. The van der Waals surface area contributed by atoms with Gasteiger partial charge in [0.25, 0.3) is 0 Å². The van der Waals surface area contributed by atoms with E-state index in [0.29, 0.717) is 17.3 Å². The molecule has 2 N–H and O–H groups in total. The summed E-state index contributed by atoms with van der Waals surface area (Å²) in [5.41, 5.74) is 3.07. The van der Waals surface area contributed by atoms with Gasteiger partial charge in [0.2, 0.25) is 5.95 Å². The van der Waals surface area contributed by atoms with Gasteiger partial charge in [0.1, 0.15) is 5.82 Å². The number of ether oxygens (including phenoxy) is 1. The number of anilines is 4. The Morgan fingerprint density at radius 3 is 2.28 bits per heavy atom. The Morgan fingerprint density at radius 2 is 1.60 bits per heavy atom. The van der Waals surface area contributed by atoms with E-state index in [1.54, 1.807) is 24.3 Å². The lowest BCUT2D eigenvalue weighted by Gasteiger charge is -2.10. The fourth-order valence-corrected chi connectivity index (χ4v) is 2.29. The van der Waals surface area contributed by atoms with E-state index < -0.39 is 0 Å². The third-order valence-corrected chi connectivity index (χ3v) is 3.46. The van der Waals surface area contributed by atoms with Crippen LogP contribution in [0.25, 0.3) is 0 Å². The first-order valence-corrected chi connectivity index (χ1v) is 7.77. The van der Waals surface area contributed by atoms with E-state index in [9.17, 15) is 4.79 Å². The van der Waals surface area contributed by atoms with Crippen LogP contribution >= 0.6 is 0 Å². The van der Waals surface area contributed by atoms with Crippen molar-refractivity contribution >= 4 is 29.1 Å². The lowest BCUT2D eigenvalue weighted by Crippen LogP contribution is -2.03. The van der Waals surface area contributed by atoms with Crippen LogP contribution in [-0.2, 0) is 4.74 Å². The predicted octanol–water partition coefficient (Wildman–Crippen LogP) is 4.06. The summed E-state index contributed by atoms with van der Waals surface area (Å²) < 4.78 is 4.69. The second-order valence-electron chi connectivity index (χ2n) is 5.40. The number of hydrogen-bond donors (Lipinski definition) is 2. The number of rotatable bonds is 5.